The highest BCUT2D eigenvalue weighted by Crippen LogP contribution is 2.20. The molecule has 4 nitrogen and oxygen atoms in total. The van der Waals surface area contributed by atoms with E-state index in [1.165, 1.54) is 12.1 Å². The van der Waals surface area contributed by atoms with Gasteiger partial charge >= 0.3 is 0 Å². The highest BCUT2D eigenvalue weighted by molar-refractivity contribution is 5.98. The molecule has 0 bridgehead atoms. The average molecular weight is 287 g/mol. The van der Waals surface area contributed by atoms with Crippen molar-refractivity contribution >= 4 is 16.8 Å². The maximum atomic E-state index is 13.2. The number of likely N-dealkylation sites (N-methyl/N-ethyl adjacent to an activating group) is 1. The monoisotopic (exact) mass is 287 g/mol. The van der Waals surface area contributed by atoms with Crippen LogP contribution in [-0.4, -0.2) is 42.0 Å². The number of carbonyl (C=O) groups is 1. The molecule has 2 heterocycles. The van der Waals surface area contributed by atoms with Crippen LogP contribution in [0.5, 0.6) is 0 Å². The lowest BCUT2D eigenvalue weighted by molar-refractivity contribution is 0.0743. The van der Waals surface area contributed by atoms with Crippen molar-refractivity contribution in [3.05, 3.63) is 41.3 Å². The summed E-state index contributed by atoms with van der Waals surface area (Å²) in [5.41, 5.74) is 1.80. The summed E-state index contributed by atoms with van der Waals surface area (Å²) in [5, 5.41) is 4.04. The highest BCUT2D eigenvalue weighted by Gasteiger charge is 2.25. The fraction of sp³-hybridized carbons (Fsp3) is 0.375. The molecule has 1 aromatic heterocycles. The first-order valence-electron chi connectivity index (χ1n) is 7.11. The molecule has 1 fully saturated rings. The Morgan fingerprint density at radius 2 is 2.24 bits per heavy atom. The normalized spacial score (nSPS) is 18.1. The van der Waals surface area contributed by atoms with Gasteiger partial charge in [0.1, 0.15) is 5.82 Å². The SMILES string of the molecule is Cc1nc2cc(F)ccc2cc1C(=O)N(C)[C@H]1CCNC1. The van der Waals surface area contributed by atoms with E-state index in [0.29, 0.717) is 16.8 Å². The third-order valence-corrected chi connectivity index (χ3v) is 4.10. The summed E-state index contributed by atoms with van der Waals surface area (Å²) in [5.74, 6) is -0.345. The summed E-state index contributed by atoms with van der Waals surface area (Å²) < 4.78 is 13.2. The van der Waals surface area contributed by atoms with E-state index in [2.05, 4.69) is 10.3 Å². The van der Waals surface area contributed by atoms with Gasteiger partial charge in [-0.2, -0.15) is 0 Å². The lowest BCUT2D eigenvalue weighted by Crippen LogP contribution is -2.38. The molecule has 2 aromatic rings. The van der Waals surface area contributed by atoms with Crippen LogP contribution in [0.1, 0.15) is 22.5 Å². The quantitative estimate of drug-likeness (QED) is 0.920. The number of halogens is 1. The number of pyridine rings is 1. The number of nitrogens with zero attached hydrogens (tertiary/aromatic N) is 2. The summed E-state index contributed by atoms with van der Waals surface area (Å²) in [4.78, 5) is 18.8. The number of hydrogen-bond donors (Lipinski definition) is 1. The number of hydrogen-bond acceptors (Lipinski definition) is 3. The first kappa shape index (κ1) is 13.9. The van der Waals surface area contributed by atoms with Crippen molar-refractivity contribution < 1.29 is 9.18 Å². The van der Waals surface area contributed by atoms with Crippen molar-refractivity contribution in [2.45, 2.75) is 19.4 Å². The first-order valence-corrected chi connectivity index (χ1v) is 7.11. The van der Waals surface area contributed by atoms with E-state index in [1.807, 2.05) is 7.05 Å². The molecule has 0 unspecified atom stereocenters. The zero-order chi connectivity index (χ0) is 15.0. The van der Waals surface area contributed by atoms with Crippen molar-refractivity contribution in [3.63, 3.8) is 0 Å². The van der Waals surface area contributed by atoms with Gasteiger partial charge < -0.3 is 10.2 Å². The Morgan fingerprint density at radius 3 is 2.95 bits per heavy atom. The molecule has 1 N–H and O–H groups in total. The Hall–Kier alpha value is -2.01. The van der Waals surface area contributed by atoms with Crippen molar-refractivity contribution in [2.24, 2.45) is 0 Å². The largest absolute Gasteiger partial charge is 0.337 e. The van der Waals surface area contributed by atoms with Crippen LogP contribution in [0.25, 0.3) is 10.9 Å². The van der Waals surface area contributed by atoms with Gasteiger partial charge in [-0.1, -0.05) is 0 Å². The molecular weight excluding hydrogens is 269 g/mol. The topological polar surface area (TPSA) is 45.2 Å². The number of aryl methyl sites for hydroxylation is 1. The van der Waals surface area contributed by atoms with E-state index in [9.17, 15) is 9.18 Å². The molecule has 21 heavy (non-hydrogen) atoms. The second kappa shape index (κ2) is 5.41. The fourth-order valence-electron chi connectivity index (χ4n) is 2.78. The minimum Gasteiger partial charge on any atom is -0.337 e. The molecule has 1 aromatic carbocycles. The average Bonchev–Trinajstić information content (AvgIpc) is 2.99. The van der Waals surface area contributed by atoms with Crippen LogP contribution in [0.2, 0.25) is 0 Å². The van der Waals surface area contributed by atoms with Gasteiger partial charge in [0, 0.05) is 31.1 Å². The number of nitrogens with one attached hydrogen (secondary N) is 1. The van der Waals surface area contributed by atoms with Gasteiger partial charge in [0.2, 0.25) is 0 Å². The molecule has 1 aliphatic heterocycles. The third-order valence-electron chi connectivity index (χ3n) is 4.10. The van der Waals surface area contributed by atoms with Crippen molar-refractivity contribution in [1.29, 1.82) is 0 Å². The zero-order valence-corrected chi connectivity index (χ0v) is 12.2. The van der Waals surface area contributed by atoms with Crippen molar-refractivity contribution in [3.8, 4) is 0 Å². The third kappa shape index (κ3) is 2.61. The predicted molar refractivity (Wildman–Crippen MR) is 79.8 cm³/mol. The Kier molecular flexibility index (Phi) is 3.59. The van der Waals surface area contributed by atoms with Gasteiger partial charge in [0.15, 0.2) is 0 Å². The van der Waals surface area contributed by atoms with Crippen molar-refractivity contribution in [2.75, 3.05) is 20.1 Å². The van der Waals surface area contributed by atoms with Crippen molar-refractivity contribution in [1.82, 2.24) is 15.2 Å². The molecular formula is C16H18FN3O. The number of amides is 1. The lowest BCUT2D eigenvalue weighted by Gasteiger charge is -2.24. The number of benzene rings is 1. The predicted octanol–water partition coefficient (Wildman–Crippen LogP) is 2.12. The van der Waals surface area contributed by atoms with E-state index in [-0.39, 0.29) is 17.8 Å². The molecule has 0 saturated carbocycles. The molecule has 1 atom stereocenters. The van der Waals surface area contributed by atoms with E-state index >= 15 is 0 Å². The van der Waals surface area contributed by atoms with Gasteiger partial charge in [-0.25, -0.2) is 4.39 Å². The highest BCUT2D eigenvalue weighted by atomic mass is 19.1. The standard InChI is InChI=1S/C16H18FN3O/c1-10-14(16(21)20(2)13-5-6-18-9-13)7-11-3-4-12(17)8-15(11)19-10/h3-4,7-8,13,18H,5-6,9H2,1-2H3/t13-/m0/s1. The summed E-state index contributed by atoms with van der Waals surface area (Å²) >= 11 is 0. The smallest absolute Gasteiger partial charge is 0.255 e. The van der Waals surface area contributed by atoms with E-state index in [4.69, 9.17) is 0 Å². The van der Waals surface area contributed by atoms with Gasteiger partial charge in [-0.05, 0) is 38.1 Å². The Balaban J connectivity index is 1.97. The van der Waals surface area contributed by atoms with Crippen LogP contribution < -0.4 is 5.32 Å². The molecule has 5 heteroatoms. The number of carbonyl (C=O) groups excluding carboxylic acids is 1. The Morgan fingerprint density at radius 1 is 1.43 bits per heavy atom. The Bertz CT molecular complexity index is 695. The van der Waals surface area contributed by atoms with Gasteiger partial charge in [0.05, 0.1) is 16.8 Å². The van der Waals surface area contributed by atoms with E-state index < -0.39 is 0 Å². The lowest BCUT2D eigenvalue weighted by atomic mass is 10.1. The molecule has 110 valence electrons. The summed E-state index contributed by atoms with van der Waals surface area (Å²) in [7, 11) is 1.83. The van der Waals surface area contributed by atoms with Crippen LogP contribution in [0.3, 0.4) is 0 Å². The maximum Gasteiger partial charge on any atom is 0.255 e. The van der Waals surface area contributed by atoms with Crippen LogP contribution in [0, 0.1) is 12.7 Å². The molecule has 0 spiro atoms. The summed E-state index contributed by atoms with van der Waals surface area (Å²) in [6.07, 6.45) is 0.966. The second-order valence-electron chi connectivity index (χ2n) is 5.52. The Labute approximate surface area is 123 Å². The molecule has 1 amide bonds. The van der Waals surface area contributed by atoms with Crippen LogP contribution >= 0.6 is 0 Å². The van der Waals surface area contributed by atoms with Gasteiger partial charge in [-0.15, -0.1) is 0 Å². The van der Waals surface area contributed by atoms with Gasteiger partial charge in [0.25, 0.3) is 5.91 Å². The molecule has 0 aliphatic carbocycles. The van der Waals surface area contributed by atoms with Gasteiger partial charge in [-0.3, -0.25) is 9.78 Å². The van der Waals surface area contributed by atoms with Crippen LogP contribution in [0.4, 0.5) is 4.39 Å². The first-order chi connectivity index (χ1) is 10.1. The molecule has 0 radical (unpaired) electrons. The molecule has 1 aliphatic rings. The summed E-state index contributed by atoms with van der Waals surface area (Å²) in [6, 6.07) is 6.46. The minimum absolute atomic E-state index is 0.0278. The summed E-state index contributed by atoms with van der Waals surface area (Å²) in [6.45, 7) is 3.56. The van der Waals surface area contributed by atoms with Crippen LogP contribution in [0.15, 0.2) is 24.3 Å². The zero-order valence-electron chi connectivity index (χ0n) is 12.2. The molecule has 3 rings (SSSR count). The second-order valence-corrected chi connectivity index (χ2v) is 5.52. The number of aromatic nitrogens is 1. The maximum absolute atomic E-state index is 13.2. The number of rotatable bonds is 2. The van der Waals surface area contributed by atoms with E-state index in [1.54, 1.807) is 24.0 Å². The molecule has 1 saturated heterocycles. The minimum atomic E-state index is -0.317. The fourth-order valence-corrected chi connectivity index (χ4v) is 2.78. The van der Waals surface area contributed by atoms with E-state index in [0.717, 1.165) is 24.9 Å². The van der Waals surface area contributed by atoms with Crippen LogP contribution in [-0.2, 0) is 0 Å². The number of fused-ring (bicyclic) bond motifs is 1.